The molecule has 9 heteroatoms. The molecular weight excluding hydrogens is 332 g/mol. The normalized spacial score (nSPS) is 10.9. The number of nitrogens with zero attached hydrogens (tertiary/aromatic N) is 6. The summed E-state index contributed by atoms with van der Waals surface area (Å²) in [5, 5.41) is 9.85. The molecule has 0 aliphatic carbocycles. The number of carbonyl (C=O) groups is 1. The van der Waals surface area contributed by atoms with Crippen LogP contribution in [0.25, 0.3) is 22.6 Å². The van der Waals surface area contributed by atoms with E-state index in [2.05, 4.69) is 35.5 Å². The van der Waals surface area contributed by atoms with E-state index in [1.165, 1.54) is 0 Å². The van der Waals surface area contributed by atoms with E-state index in [-0.39, 0.29) is 12.5 Å². The fraction of sp³-hybridized carbons (Fsp3) is 0.176. The standard InChI is InChI=1S/C17H16N8O/c26-16(10-25-11-21-12-3-1-2-4-14(12)25)20-6-5-15-22-17(24-23-15)13-9-18-7-8-19-13/h1-4,7-9,11H,5-6,10H2,(H,20,26)(H,22,23,24). The lowest BCUT2D eigenvalue weighted by atomic mass is 10.3. The highest BCUT2D eigenvalue weighted by atomic mass is 16.1. The second-order valence-electron chi connectivity index (χ2n) is 5.66. The molecule has 26 heavy (non-hydrogen) atoms. The van der Waals surface area contributed by atoms with Gasteiger partial charge in [-0.05, 0) is 12.1 Å². The van der Waals surface area contributed by atoms with Crippen LogP contribution in [0.2, 0.25) is 0 Å². The molecule has 1 amide bonds. The molecule has 0 spiro atoms. The Morgan fingerprint density at radius 2 is 2.12 bits per heavy atom. The summed E-state index contributed by atoms with van der Waals surface area (Å²) in [5.41, 5.74) is 2.41. The first-order valence-electron chi connectivity index (χ1n) is 8.14. The largest absolute Gasteiger partial charge is 0.354 e. The van der Waals surface area contributed by atoms with Gasteiger partial charge in [0.05, 0.1) is 23.6 Å². The van der Waals surface area contributed by atoms with E-state index in [1.807, 2.05) is 28.8 Å². The van der Waals surface area contributed by atoms with Gasteiger partial charge in [0.2, 0.25) is 11.7 Å². The Bertz CT molecular complexity index is 1020. The van der Waals surface area contributed by atoms with Crippen LogP contribution in [0.3, 0.4) is 0 Å². The molecule has 9 nitrogen and oxygen atoms in total. The number of para-hydroxylation sites is 2. The van der Waals surface area contributed by atoms with Gasteiger partial charge in [0, 0.05) is 25.4 Å². The number of carbonyl (C=O) groups excluding carboxylic acids is 1. The van der Waals surface area contributed by atoms with E-state index in [4.69, 9.17) is 0 Å². The van der Waals surface area contributed by atoms with E-state index >= 15 is 0 Å². The van der Waals surface area contributed by atoms with Crippen LogP contribution in [0.5, 0.6) is 0 Å². The SMILES string of the molecule is O=C(Cn1cnc2ccccc21)NCCc1nc(-c2cnccn2)n[nH]1. The fourth-order valence-corrected chi connectivity index (χ4v) is 2.60. The molecular formula is C17H16N8O. The van der Waals surface area contributed by atoms with Crippen LogP contribution in [0.15, 0.2) is 49.2 Å². The van der Waals surface area contributed by atoms with Crippen molar-refractivity contribution in [2.24, 2.45) is 0 Å². The summed E-state index contributed by atoms with van der Waals surface area (Å²) in [6, 6.07) is 7.71. The maximum atomic E-state index is 12.1. The Morgan fingerprint density at radius 1 is 1.19 bits per heavy atom. The van der Waals surface area contributed by atoms with Crippen LogP contribution in [0.1, 0.15) is 5.82 Å². The zero-order valence-corrected chi connectivity index (χ0v) is 13.8. The molecule has 0 bridgehead atoms. The third-order valence-corrected chi connectivity index (χ3v) is 3.85. The second kappa shape index (κ2) is 7.09. The zero-order chi connectivity index (χ0) is 17.8. The molecule has 0 saturated heterocycles. The number of benzene rings is 1. The number of hydrogen-bond donors (Lipinski definition) is 2. The number of hydrogen-bond acceptors (Lipinski definition) is 6. The monoisotopic (exact) mass is 348 g/mol. The Hall–Kier alpha value is -3.62. The van der Waals surface area contributed by atoms with Gasteiger partial charge in [-0.25, -0.2) is 15.0 Å². The summed E-state index contributed by atoms with van der Waals surface area (Å²) in [6.07, 6.45) is 7.00. The molecule has 130 valence electrons. The lowest BCUT2D eigenvalue weighted by Gasteiger charge is -2.05. The predicted octanol–water partition coefficient (Wildman–Crippen LogP) is 0.970. The highest BCUT2D eigenvalue weighted by Crippen LogP contribution is 2.11. The molecule has 1 aromatic carbocycles. The van der Waals surface area contributed by atoms with Gasteiger partial charge in [0.25, 0.3) is 0 Å². The van der Waals surface area contributed by atoms with Gasteiger partial charge in [-0.2, -0.15) is 5.10 Å². The van der Waals surface area contributed by atoms with Gasteiger partial charge in [0.15, 0.2) is 0 Å². The van der Waals surface area contributed by atoms with E-state index < -0.39 is 0 Å². The average Bonchev–Trinajstić information content (AvgIpc) is 3.30. The summed E-state index contributed by atoms with van der Waals surface area (Å²) in [7, 11) is 0. The highest BCUT2D eigenvalue weighted by Gasteiger charge is 2.09. The number of nitrogens with one attached hydrogen (secondary N) is 2. The van der Waals surface area contributed by atoms with Crippen LogP contribution in [0, 0.1) is 0 Å². The van der Waals surface area contributed by atoms with Crippen molar-refractivity contribution in [2.75, 3.05) is 6.54 Å². The van der Waals surface area contributed by atoms with Crippen LogP contribution in [-0.2, 0) is 17.8 Å². The van der Waals surface area contributed by atoms with Gasteiger partial charge in [0.1, 0.15) is 18.1 Å². The third-order valence-electron chi connectivity index (χ3n) is 3.85. The number of aromatic amines is 1. The van der Waals surface area contributed by atoms with Gasteiger partial charge < -0.3 is 9.88 Å². The number of rotatable bonds is 6. The van der Waals surface area contributed by atoms with E-state index in [0.29, 0.717) is 30.3 Å². The smallest absolute Gasteiger partial charge is 0.240 e. The highest BCUT2D eigenvalue weighted by molar-refractivity contribution is 5.80. The summed E-state index contributed by atoms with van der Waals surface area (Å²) in [5.74, 6) is 1.09. The number of H-pyrrole nitrogens is 1. The van der Waals surface area contributed by atoms with Crippen molar-refractivity contribution in [2.45, 2.75) is 13.0 Å². The third kappa shape index (κ3) is 3.41. The van der Waals surface area contributed by atoms with Crippen molar-refractivity contribution in [3.05, 3.63) is 55.0 Å². The van der Waals surface area contributed by atoms with Crippen molar-refractivity contribution in [1.82, 2.24) is 40.0 Å². The Labute approximate surface area is 148 Å². The van der Waals surface area contributed by atoms with Crippen molar-refractivity contribution in [3.8, 4) is 11.5 Å². The minimum absolute atomic E-state index is 0.0817. The fourth-order valence-electron chi connectivity index (χ4n) is 2.60. The van der Waals surface area contributed by atoms with Crippen molar-refractivity contribution in [3.63, 3.8) is 0 Å². The van der Waals surface area contributed by atoms with Crippen LogP contribution >= 0.6 is 0 Å². The first kappa shape index (κ1) is 15.9. The predicted molar refractivity (Wildman–Crippen MR) is 93.9 cm³/mol. The molecule has 3 aromatic heterocycles. The molecule has 0 saturated carbocycles. The molecule has 4 rings (SSSR count). The molecule has 0 fully saturated rings. The number of imidazole rings is 1. The maximum Gasteiger partial charge on any atom is 0.240 e. The van der Waals surface area contributed by atoms with Crippen LogP contribution < -0.4 is 5.32 Å². The lowest BCUT2D eigenvalue weighted by Crippen LogP contribution is -2.29. The van der Waals surface area contributed by atoms with E-state index in [1.54, 1.807) is 24.9 Å². The molecule has 2 N–H and O–H groups in total. The van der Waals surface area contributed by atoms with Crippen LogP contribution in [-0.4, -0.2) is 47.2 Å². The topological polar surface area (TPSA) is 114 Å². The number of amides is 1. The molecule has 0 radical (unpaired) electrons. The number of fused-ring (bicyclic) bond motifs is 1. The molecule has 4 aromatic rings. The minimum atomic E-state index is -0.0817. The van der Waals surface area contributed by atoms with Crippen molar-refractivity contribution < 1.29 is 4.79 Å². The van der Waals surface area contributed by atoms with Crippen molar-refractivity contribution in [1.29, 1.82) is 0 Å². The first-order valence-corrected chi connectivity index (χ1v) is 8.14. The number of aromatic nitrogens is 7. The summed E-state index contributed by atoms with van der Waals surface area (Å²) in [6.45, 7) is 0.683. The Balaban J connectivity index is 1.31. The summed E-state index contributed by atoms with van der Waals surface area (Å²) < 4.78 is 1.82. The first-order chi connectivity index (χ1) is 12.8. The Kier molecular flexibility index (Phi) is 4.33. The average molecular weight is 348 g/mol. The zero-order valence-electron chi connectivity index (χ0n) is 13.8. The molecule has 0 unspecified atom stereocenters. The van der Waals surface area contributed by atoms with Gasteiger partial charge in [-0.1, -0.05) is 12.1 Å². The summed E-state index contributed by atoms with van der Waals surface area (Å²) >= 11 is 0. The van der Waals surface area contributed by atoms with E-state index in [9.17, 15) is 4.79 Å². The molecule has 3 heterocycles. The minimum Gasteiger partial charge on any atom is -0.354 e. The maximum absolute atomic E-state index is 12.1. The molecule has 0 aliphatic rings. The lowest BCUT2D eigenvalue weighted by molar-refractivity contribution is -0.121. The summed E-state index contributed by atoms with van der Waals surface area (Å²) in [4.78, 5) is 28.9. The van der Waals surface area contributed by atoms with Crippen molar-refractivity contribution >= 4 is 16.9 Å². The van der Waals surface area contributed by atoms with Gasteiger partial charge in [-0.3, -0.25) is 14.9 Å². The Morgan fingerprint density at radius 3 is 3.00 bits per heavy atom. The quantitative estimate of drug-likeness (QED) is 0.537. The molecule has 0 aliphatic heterocycles. The molecule has 0 atom stereocenters. The van der Waals surface area contributed by atoms with Gasteiger partial charge in [-0.15, -0.1) is 0 Å². The second-order valence-corrected chi connectivity index (χ2v) is 5.66. The van der Waals surface area contributed by atoms with Crippen LogP contribution in [0.4, 0.5) is 0 Å². The van der Waals surface area contributed by atoms with Gasteiger partial charge >= 0.3 is 0 Å². The van der Waals surface area contributed by atoms with E-state index in [0.717, 1.165) is 11.0 Å².